The van der Waals surface area contributed by atoms with E-state index in [-0.39, 0.29) is 22.1 Å². The highest BCUT2D eigenvalue weighted by molar-refractivity contribution is 7.90. The number of carbonyl (C=O) groups is 1. The molecule has 0 aliphatic carbocycles. The van der Waals surface area contributed by atoms with Gasteiger partial charge in [-0.3, -0.25) is 4.79 Å². The van der Waals surface area contributed by atoms with E-state index in [0.29, 0.717) is 18.9 Å². The fourth-order valence-corrected chi connectivity index (χ4v) is 4.11. The van der Waals surface area contributed by atoms with Crippen LogP contribution < -0.4 is 10.6 Å². The first kappa shape index (κ1) is 21.6. The quantitative estimate of drug-likeness (QED) is 0.411. The summed E-state index contributed by atoms with van der Waals surface area (Å²) in [7, 11) is -4.12. The molecule has 160 valence electrons. The number of rotatable bonds is 6. The molecule has 1 amide bonds. The maximum atomic E-state index is 13.4. The second-order valence-electron chi connectivity index (χ2n) is 7.43. The van der Waals surface area contributed by atoms with E-state index in [1.807, 2.05) is 13.8 Å². The lowest BCUT2D eigenvalue weighted by Crippen LogP contribution is -2.35. The number of amides is 1. The largest absolute Gasteiger partial charge is 0.505 e. The average Bonchev–Trinajstić information content (AvgIpc) is 3.08. The minimum atomic E-state index is -4.12. The van der Waals surface area contributed by atoms with Crippen molar-refractivity contribution in [2.24, 2.45) is 10.3 Å². The highest BCUT2D eigenvalue weighted by Gasteiger charge is 2.31. The summed E-state index contributed by atoms with van der Waals surface area (Å²) >= 11 is 0. The van der Waals surface area contributed by atoms with Gasteiger partial charge in [-0.05, 0) is 37.0 Å². The van der Waals surface area contributed by atoms with Gasteiger partial charge >= 0.3 is 0 Å². The molecule has 0 radical (unpaired) electrons. The zero-order valence-electron chi connectivity index (χ0n) is 16.8. The van der Waals surface area contributed by atoms with E-state index < -0.39 is 33.1 Å². The molecule has 30 heavy (non-hydrogen) atoms. The number of hydrogen-bond donors (Lipinski definition) is 4. The van der Waals surface area contributed by atoms with Gasteiger partial charge in [0, 0.05) is 18.8 Å². The van der Waals surface area contributed by atoms with E-state index in [2.05, 4.69) is 20.0 Å². The SMILES string of the molecule is Cc1ccc2c(c1)S(=O)(=O)N=C(/C(C(=O)NCCC(C)C)=C(\O)c1cc(F)c[nH]1)N2. The average molecular weight is 434 g/mol. The van der Waals surface area contributed by atoms with E-state index in [1.54, 1.807) is 19.1 Å². The van der Waals surface area contributed by atoms with Gasteiger partial charge in [0.2, 0.25) is 0 Å². The number of hydrogen-bond acceptors (Lipinski definition) is 5. The lowest BCUT2D eigenvalue weighted by molar-refractivity contribution is -0.117. The van der Waals surface area contributed by atoms with Gasteiger partial charge in [0.05, 0.1) is 11.4 Å². The predicted molar refractivity (Wildman–Crippen MR) is 112 cm³/mol. The van der Waals surface area contributed by atoms with E-state index in [0.717, 1.165) is 17.8 Å². The molecule has 2 heterocycles. The number of sulfonamides is 1. The Balaban J connectivity index is 2.08. The van der Waals surface area contributed by atoms with E-state index >= 15 is 0 Å². The molecule has 10 heteroatoms. The highest BCUT2D eigenvalue weighted by Crippen LogP contribution is 2.30. The summed E-state index contributed by atoms with van der Waals surface area (Å²) in [5.74, 6) is -2.04. The molecule has 0 fully saturated rings. The second-order valence-corrected chi connectivity index (χ2v) is 9.01. The van der Waals surface area contributed by atoms with Crippen molar-refractivity contribution in [3.8, 4) is 0 Å². The standard InChI is InChI=1S/C20H23FN4O4S/c1-11(2)6-7-22-20(27)17(18(26)15-9-13(21)10-23-15)19-24-14-5-4-12(3)8-16(14)30(28,29)25-19/h4-5,8-11,23,26H,6-7H2,1-3H3,(H,22,27)(H,24,25)/b18-17+. The molecule has 1 aromatic carbocycles. The summed E-state index contributed by atoms with van der Waals surface area (Å²) in [6.07, 6.45) is 1.68. The molecule has 0 saturated heterocycles. The van der Waals surface area contributed by atoms with Crippen LogP contribution in [0.25, 0.3) is 5.76 Å². The monoisotopic (exact) mass is 434 g/mol. The van der Waals surface area contributed by atoms with Gasteiger partial charge in [-0.2, -0.15) is 8.42 Å². The Morgan fingerprint density at radius 2 is 2.03 bits per heavy atom. The molecule has 4 N–H and O–H groups in total. The summed E-state index contributed by atoms with van der Waals surface area (Å²) in [5.41, 5.74) is 0.460. The summed E-state index contributed by atoms with van der Waals surface area (Å²) in [4.78, 5) is 15.3. The van der Waals surface area contributed by atoms with Crippen LogP contribution in [-0.4, -0.2) is 36.8 Å². The van der Waals surface area contributed by atoms with Crippen molar-refractivity contribution in [3.05, 3.63) is 53.1 Å². The van der Waals surface area contributed by atoms with Gasteiger partial charge in [-0.15, -0.1) is 4.40 Å². The van der Waals surface area contributed by atoms with Crippen LogP contribution in [0.5, 0.6) is 0 Å². The minimum absolute atomic E-state index is 0.0313. The van der Waals surface area contributed by atoms with Crippen LogP contribution in [0, 0.1) is 18.7 Å². The van der Waals surface area contributed by atoms with E-state index in [4.69, 9.17) is 0 Å². The second kappa shape index (κ2) is 8.31. The lowest BCUT2D eigenvalue weighted by atomic mass is 10.1. The summed E-state index contributed by atoms with van der Waals surface area (Å²) in [6, 6.07) is 5.71. The van der Waals surface area contributed by atoms with Crippen LogP contribution in [0.2, 0.25) is 0 Å². The fraction of sp³-hybridized carbons (Fsp3) is 0.300. The maximum Gasteiger partial charge on any atom is 0.286 e. The number of amidine groups is 1. The van der Waals surface area contributed by atoms with Crippen molar-refractivity contribution in [1.82, 2.24) is 10.3 Å². The predicted octanol–water partition coefficient (Wildman–Crippen LogP) is 3.11. The summed E-state index contributed by atoms with van der Waals surface area (Å²) < 4.78 is 42.5. The van der Waals surface area contributed by atoms with Gasteiger partial charge in [-0.25, -0.2) is 4.39 Å². The van der Waals surface area contributed by atoms with Crippen LogP contribution >= 0.6 is 0 Å². The number of anilines is 1. The van der Waals surface area contributed by atoms with Crippen molar-refractivity contribution >= 4 is 33.2 Å². The van der Waals surface area contributed by atoms with E-state index in [9.17, 15) is 22.7 Å². The zero-order valence-corrected chi connectivity index (χ0v) is 17.6. The number of nitrogens with one attached hydrogen (secondary N) is 3. The van der Waals surface area contributed by atoms with Crippen molar-refractivity contribution in [3.63, 3.8) is 0 Å². The van der Waals surface area contributed by atoms with Gasteiger partial charge < -0.3 is 20.7 Å². The molecule has 3 rings (SSSR count). The molecule has 0 bridgehead atoms. The number of halogens is 1. The Hall–Kier alpha value is -3.14. The third-order valence-electron chi connectivity index (χ3n) is 4.49. The minimum Gasteiger partial charge on any atom is -0.505 e. The summed E-state index contributed by atoms with van der Waals surface area (Å²) in [6.45, 7) is 6.02. The van der Waals surface area contributed by atoms with Crippen LogP contribution in [0.15, 0.2) is 45.3 Å². The van der Waals surface area contributed by atoms with Gasteiger partial charge in [0.25, 0.3) is 15.9 Å². The number of aryl methyl sites for hydroxylation is 1. The molecule has 2 aromatic rings. The molecular weight excluding hydrogens is 411 g/mol. The number of aromatic amines is 1. The Bertz CT molecular complexity index is 1150. The maximum absolute atomic E-state index is 13.4. The first-order valence-corrected chi connectivity index (χ1v) is 10.8. The number of benzene rings is 1. The molecule has 0 unspecified atom stereocenters. The van der Waals surface area contributed by atoms with Crippen molar-refractivity contribution in [2.45, 2.75) is 32.1 Å². The number of aromatic nitrogens is 1. The van der Waals surface area contributed by atoms with E-state index in [1.165, 1.54) is 6.07 Å². The lowest BCUT2D eigenvalue weighted by Gasteiger charge is -2.21. The van der Waals surface area contributed by atoms with Crippen LogP contribution in [0.4, 0.5) is 10.1 Å². The molecular formula is C20H23FN4O4S. The third kappa shape index (κ3) is 4.54. The number of carbonyl (C=O) groups excluding carboxylic acids is 1. The Morgan fingerprint density at radius 3 is 2.67 bits per heavy atom. The van der Waals surface area contributed by atoms with Gasteiger partial charge in [-0.1, -0.05) is 19.9 Å². The first-order chi connectivity index (χ1) is 14.1. The normalized spacial score (nSPS) is 15.7. The molecule has 0 spiro atoms. The number of aliphatic hydroxyl groups excluding tert-OH is 1. The van der Waals surface area contributed by atoms with Gasteiger partial charge in [0.1, 0.15) is 16.3 Å². The number of aliphatic hydroxyl groups is 1. The third-order valence-corrected chi connectivity index (χ3v) is 5.81. The van der Waals surface area contributed by atoms with Crippen LogP contribution in [0.1, 0.15) is 31.5 Å². The van der Waals surface area contributed by atoms with Crippen molar-refractivity contribution in [2.75, 3.05) is 11.9 Å². The molecule has 1 aliphatic rings. The molecule has 1 aromatic heterocycles. The highest BCUT2D eigenvalue weighted by atomic mass is 32.2. The first-order valence-electron chi connectivity index (χ1n) is 9.37. The fourth-order valence-electron chi connectivity index (χ4n) is 2.90. The van der Waals surface area contributed by atoms with Crippen LogP contribution in [-0.2, 0) is 14.8 Å². The Kier molecular flexibility index (Phi) is 5.97. The molecule has 1 aliphatic heterocycles. The summed E-state index contributed by atoms with van der Waals surface area (Å²) in [5, 5.41) is 16.1. The molecule has 8 nitrogen and oxygen atoms in total. The van der Waals surface area contributed by atoms with Gasteiger partial charge in [0.15, 0.2) is 11.6 Å². The number of H-pyrrole nitrogens is 1. The Labute approximate surface area is 174 Å². The smallest absolute Gasteiger partial charge is 0.286 e. The molecule has 0 saturated carbocycles. The number of fused-ring (bicyclic) bond motifs is 1. The zero-order chi connectivity index (χ0) is 22.1. The van der Waals surface area contributed by atoms with Crippen molar-refractivity contribution in [1.29, 1.82) is 0 Å². The van der Waals surface area contributed by atoms with Crippen LogP contribution in [0.3, 0.4) is 0 Å². The number of nitrogens with zero attached hydrogens (tertiary/aromatic N) is 1. The molecule has 0 atom stereocenters. The topological polar surface area (TPSA) is 124 Å². The van der Waals surface area contributed by atoms with Crippen molar-refractivity contribution < 1.29 is 22.7 Å². The Morgan fingerprint density at radius 1 is 1.30 bits per heavy atom.